The molecule has 0 saturated carbocycles. The van der Waals surface area contributed by atoms with Gasteiger partial charge in [0.25, 0.3) is 5.56 Å². The normalized spacial score (nSPS) is 13.8. The minimum Gasteiger partial charge on any atom is -0.393 e. The van der Waals surface area contributed by atoms with Gasteiger partial charge in [0.15, 0.2) is 11.2 Å². The van der Waals surface area contributed by atoms with Crippen LogP contribution in [0, 0.1) is 5.92 Å². The molecular formula is C17H21N5O3. The van der Waals surface area contributed by atoms with Gasteiger partial charge in [-0.2, -0.15) is 4.98 Å². The molecule has 0 amide bonds. The van der Waals surface area contributed by atoms with E-state index in [1.165, 1.54) is 6.33 Å². The van der Waals surface area contributed by atoms with Crippen LogP contribution in [0.5, 0.6) is 0 Å². The van der Waals surface area contributed by atoms with Crippen LogP contribution in [0.15, 0.2) is 41.5 Å². The van der Waals surface area contributed by atoms with Gasteiger partial charge in [0.1, 0.15) is 0 Å². The Balaban J connectivity index is 1.71. The summed E-state index contributed by atoms with van der Waals surface area (Å²) in [5.41, 5.74) is 6.92. The number of aromatic amines is 1. The van der Waals surface area contributed by atoms with Gasteiger partial charge < -0.3 is 20.1 Å². The third-order valence-electron chi connectivity index (χ3n) is 4.05. The smallest absolute Gasteiger partial charge is 0.280 e. The summed E-state index contributed by atoms with van der Waals surface area (Å²) in [4.78, 5) is 22.5. The molecule has 132 valence electrons. The number of benzene rings is 1. The highest BCUT2D eigenvalue weighted by Gasteiger charge is 2.19. The van der Waals surface area contributed by atoms with Crippen molar-refractivity contribution in [3.05, 3.63) is 52.6 Å². The molecule has 8 heteroatoms. The molecule has 3 aromatic rings. The fourth-order valence-corrected chi connectivity index (χ4v) is 2.60. The van der Waals surface area contributed by atoms with Gasteiger partial charge in [0.2, 0.25) is 5.95 Å². The number of nitrogen functional groups attached to an aromatic ring is 1. The number of ether oxygens (including phenoxy) is 1. The lowest BCUT2D eigenvalue weighted by atomic mass is 10.1. The van der Waals surface area contributed by atoms with E-state index in [4.69, 9.17) is 10.5 Å². The van der Waals surface area contributed by atoms with Crippen molar-refractivity contribution in [3.63, 3.8) is 0 Å². The molecule has 2 atom stereocenters. The van der Waals surface area contributed by atoms with Gasteiger partial charge in [-0.05, 0) is 12.5 Å². The Morgan fingerprint density at radius 2 is 2.12 bits per heavy atom. The first-order valence-corrected chi connectivity index (χ1v) is 8.05. The van der Waals surface area contributed by atoms with Crippen molar-refractivity contribution in [1.29, 1.82) is 0 Å². The first kappa shape index (κ1) is 17.1. The molecule has 8 nitrogen and oxygen atoms in total. The molecule has 0 saturated heterocycles. The molecule has 0 fully saturated rings. The zero-order chi connectivity index (χ0) is 17.8. The van der Waals surface area contributed by atoms with Crippen molar-refractivity contribution in [1.82, 2.24) is 19.5 Å². The SMILES string of the molecule is C[C@@H](O)[C@@H](COCc1ccccc1)Cn1cnc2c(=O)[nH]c(N)nc21. The van der Waals surface area contributed by atoms with Crippen molar-refractivity contribution < 1.29 is 9.84 Å². The second-order valence-electron chi connectivity index (χ2n) is 6.02. The van der Waals surface area contributed by atoms with Crippen molar-refractivity contribution >= 4 is 17.1 Å². The summed E-state index contributed by atoms with van der Waals surface area (Å²) < 4.78 is 7.46. The Kier molecular flexibility index (Phi) is 5.11. The highest BCUT2D eigenvalue weighted by atomic mass is 16.5. The molecule has 1 aromatic carbocycles. The topological polar surface area (TPSA) is 119 Å². The van der Waals surface area contributed by atoms with E-state index in [1.54, 1.807) is 11.5 Å². The number of H-pyrrole nitrogens is 1. The van der Waals surface area contributed by atoms with Crippen LogP contribution in [0.2, 0.25) is 0 Å². The zero-order valence-electron chi connectivity index (χ0n) is 13.9. The number of anilines is 1. The van der Waals surface area contributed by atoms with Crippen LogP contribution in [-0.4, -0.2) is 37.3 Å². The standard InChI is InChI=1S/C17H21N5O3/c1-11(23)13(9-25-8-12-5-3-2-4-6-12)7-22-10-19-14-15(22)20-17(18)21-16(14)24/h2-6,10-11,13,23H,7-9H2,1H3,(H3,18,20,21,24)/t11-,13-/m1/s1. The van der Waals surface area contributed by atoms with Gasteiger partial charge in [0, 0.05) is 12.5 Å². The number of hydrogen-bond donors (Lipinski definition) is 3. The number of fused-ring (bicyclic) bond motifs is 1. The molecule has 3 rings (SSSR count). The van der Waals surface area contributed by atoms with Crippen molar-refractivity contribution in [3.8, 4) is 0 Å². The maximum Gasteiger partial charge on any atom is 0.280 e. The summed E-state index contributed by atoms with van der Waals surface area (Å²) in [7, 11) is 0. The molecule has 0 unspecified atom stereocenters. The van der Waals surface area contributed by atoms with E-state index in [9.17, 15) is 9.90 Å². The Labute approximate surface area is 144 Å². The van der Waals surface area contributed by atoms with E-state index < -0.39 is 6.10 Å². The lowest BCUT2D eigenvalue weighted by Gasteiger charge is -2.20. The third kappa shape index (κ3) is 4.04. The van der Waals surface area contributed by atoms with Crippen LogP contribution in [0.4, 0.5) is 5.95 Å². The first-order chi connectivity index (χ1) is 12.0. The number of imidazole rings is 1. The fraction of sp³-hybridized carbons (Fsp3) is 0.353. The number of rotatable bonds is 7. The molecular weight excluding hydrogens is 322 g/mol. The van der Waals surface area contributed by atoms with Gasteiger partial charge in [0.05, 0.1) is 25.6 Å². The quantitative estimate of drug-likeness (QED) is 0.587. The van der Waals surface area contributed by atoms with E-state index in [-0.39, 0.29) is 22.9 Å². The van der Waals surface area contributed by atoms with Crippen LogP contribution in [0.1, 0.15) is 12.5 Å². The maximum absolute atomic E-state index is 11.8. The summed E-state index contributed by atoms with van der Waals surface area (Å²) in [5, 5.41) is 10.1. The van der Waals surface area contributed by atoms with Crippen LogP contribution in [0.25, 0.3) is 11.2 Å². The molecule has 0 aliphatic heterocycles. The van der Waals surface area contributed by atoms with E-state index in [0.717, 1.165) is 5.56 Å². The number of aliphatic hydroxyl groups is 1. The van der Waals surface area contributed by atoms with Crippen LogP contribution in [0.3, 0.4) is 0 Å². The molecule has 25 heavy (non-hydrogen) atoms. The second kappa shape index (κ2) is 7.45. The van der Waals surface area contributed by atoms with Crippen molar-refractivity contribution in [2.45, 2.75) is 26.2 Å². The van der Waals surface area contributed by atoms with E-state index in [2.05, 4.69) is 15.0 Å². The highest BCUT2D eigenvalue weighted by molar-refractivity contribution is 5.70. The molecule has 0 radical (unpaired) electrons. The number of hydrogen-bond acceptors (Lipinski definition) is 6. The number of nitrogens with two attached hydrogens (primary N) is 1. The minimum absolute atomic E-state index is 0.0353. The van der Waals surface area contributed by atoms with Crippen molar-refractivity contribution in [2.75, 3.05) is 12.3 Å². The number of aromatic nitrogens is 4. The van der Waals surface area contributed by atoms with Gasteiger partial charge in [-0.15, -0.1) is 0 Å². The number of aliphatic hydroxyl groups excluding tert-OH is 1. The third-order valence-corrected chi connectivity index (χ3v) is 4.05. The van der Waals surface area contributed by atoms with Crippen LogP contribution in [-0.2, 0) is 17.9 Å². The van der Waals surface area contributed by atoms with Gasteiger partial charge in [-0.1, -0.05) is 30.3 Å². The minimum atomic E-state index is -0.590. The summed E-state index contributed by atoms with van der Waals surface area (Å²) >= 11 is 0. The van der Waals surface area contributed by atoms with Gasteiger partial charge >= 0.3 is 0 Å². The fourth-order valence-electron chi connectivity index (χ4n) is 2.60. The lowest BCUT2D eigenvalue weighted by molar-refractivity contribution is 0.0219. The predicted molar refractivity (Wildman–Crippen MR) is 93.8 cm³/mol. The van der Waals surface area contributed by atoms with Crippen molar-refractivity contribution in [2.24, 2.45) is 5.92 Å². The average Bonchev–Trinajstić information content (AvgIpc) is 2.98. The van der Waals surface area contributed by atoms with E-state index >= 15 is 0 Å². The van der Waals surface area contributed by atoms with Gasteiger partial charge in [-0.3, -0.25) is 9.78 Å². The highest BCUT2D eigenvalue weighted by Crippen LogP contribution is 2.14. The molecule has 2 heterocycles. The molecule has 0 bridgehead atoms. The zero-order valence-corrected chi connectivity index (χ0v) is 13.9. The lowest BCUT2D eigenvalue weighted by Crippen LogP contribution is -2.27. The van der Waals surface area contributed by atoms with E-state index in [0.29, 0.717) is 25.4 Å². The first-order valence-electron chi connectivity index (χ1n) is 8.05. The van der Waals surface area contributed by atoms with Crippen LogP contribution >= 0.6 is 0 Å². The average molecular weight is 343 g/mol. The van der Waals surface area contributed by atoms with Crippen LogP contribution < -0.4 is 11.3 Å². The largest absolute Gasteiger partial charge is 0.393 e. The monoisotopic (exact) mass is 343 g/mol. The number of nitrogens with one attached hydrogen (secondary N) is 1. The summed E-state index contributed by atoms with van der Waals surface area (Å²) in [6.07, 6.45) is 0.936. The molecule has 0 aliphatic rings. The number of nitrogens with zero attached hydrogens (tertiary/aromatic N) is 3. The summed E-state index contributed by atoms with van der Waals surface area (Å²) in [5.74, 6) is -0.142. The predicted octanol–water partition coefficient (Wildman–Crippen LogP) is 0.916. The molecule has 4 N–H and O–H groups in total. The Bertz CT molecular complexity index is 888. The summed E-state index contributed by atoms with van der Waals surface area (Å²) in [6.45, 7) is 2.97. The maximum atomic E-state index is 11.8. The molecule has 2 aromatic heterocycles. The van der Waals surface area contributed by atoms with E-state index in [1.807, 2.05) is 30.3 Å². The summed E-state index contributed by atoms with van der Waals surface area (Å²) in [6, 6.07) is 9.83. The molecule has 0 aliphatic carbocycles. The second-order valence-corrected chi connectivity index (χ2v) is 6.02. The Hall–Kier alpha value is -2.71. The van der Waals surface area contributed by atoms with Gasteiger partial charge in [-0.25, -0.2) is 4.98 Å². The Morgan fingerprint density at radius 1 is 1.36 bits per heavy atom. The Morgan fingerprint density at radius 3 is 2.84 bits per heavy atom. The molecule has 0 spiro atoms.